The number of amides is 1. The molecule has 3 rings (SSSR count). The highest BCUT2D eigenvalue weighted by molar-refractivity contribution is 7.15. The van der Waals surface area contributed by atoms with Gasteiger partial charge in [-0.05, 0) is 28.7 Å². The zero-order valence-corrected chi connectivity index (χ0v) is 14.0. The minimum Gasteiger partial charge on any atom is -0.301 e. The lowest BCUT2D eigenvalue weighted by Crippen LogP contribution is -2.34. The van der Waals surface area contributed by atoms with Crippen LogP contribution in [-0.2, 0) is 17.5 Å². The molecule has 1 amide bonds. The predicted molar refractivity (Wildman–Crippen MR) is 81.5 cm³/mol. The van der Waals surface area contributed by atoms with Gasteiger partial charge in [-0.25, -0.2) is 4.68 Å². The summed E-state index contributed by atoms with van der Waals surface area (Å²) in [6.45, 7) is 0.497. The fourth-order valence-electron chi connectivity index (χ4n) is 3.18. The van der Waals surface area contributed by atoms with E-state index >= 15 is 0 Å². The molecule has 25 heavy (non-hydrogen) atoms. The Balaban J connectivity index is 1.67. The summed E-state index contributed by atoms with van der Waals surface area (Å²) >= 11 is 0.318. The van der Waals surface area contributed by atoms with Crippen LogP contribution in [0.15, 0.2) is 6.33 Å². The van der Waals surface area contributed by atoms with Gasteiger partial charge in [0, 0.05) is 6.42 Å². The Hall–Kier alpha value is -2.11. The van der Waals surface area contributed by atoms with Crippen molar-refractivity contribution in [3.05, 3.63) is 11.3 Å². The largest absolute Gasteiger partial charge is 0.445 e. The molecule has 1 fully saturated rings. The summed E-state index contributed by atoms with van der Waals surface area (Å²) in [5.41, 5.74) is -0.310. The Kier molecular flexibility index (Phi) is 4.97. The highest BCUT2D eigenvalue weighted by Gasteiger charge is 2.37. The molecule has 0 bridgehead atoms. The van der Waals surface area contributed by atoms with E-state index in [9.17, 15) is 18.0 Å². The molecule has 1 saturated carbocycles. The first kappa shape index (κ1) is 17.7. The lowest BCUT2D eigenvalue weighted by molar-refractivity contribution is -0.138. The van der Waals surface area contributed by atoms with E-state index in [4.69, 9.17) is 0 Å². The first-order valence-electron chi connectivity index (χ1n) is 7.78. The molecular weight excluding hydrogens is 359 g/mol. The van der Waals surface area contributed by atoms with Crippen molar-refractivity contribution >= 4 is 22.4 Å². The number of tetrazole rings is 1. The van der Waals surface area contributed by atoms with E-state index in [0.717, 1.165) is 32.1 Å². The van der Waals surface area contributed by atoms with E-state index in [1.807, 2.05) is 0 Å². The van der Waals surface area contributed by atoms with E-state index in [0.29, 0.717) is 17.9 Å². The van der Waals surface area contributed by atoms with Gasteiger partial charge in [0.2, 0.25) is 16.0 Å². The monoisotopic (exact) mass is 375 g/mol. The highest BCUT2D eigenvalue weighted by atomic mass is 32.1. The van der Waals surface area contributed by atoms with Crippen molar-refractivity contribution in [3.8, 4) is 0 Å². The molecule has 8 nitrogen and oxygen atoms in total. The maximum Gasteiger partial charge on any atom is 0.445 e. The summed E-state index contributed by atoms with van der Waals surface area (Å²) in [4.78, 5) is 12.4. The number of nitrogens with one attached hydrogen (secondary N) is 1. The average molecular weight is 375 g/mol. The van der Waals surface area contributed by atoms with Gasteiger partial charge in [0.15, 0.2) is 0 Å². The van der Waals surface area contributed by atoms with Gasteiger partial charge in [0.25, 0.3) is 0 Å². The van der Waals surface area contributed by atoms with Crippen molar-refractivity contribution in [3.63, 3.8) is 0 Å². The van der Waals surface area contributed by atoms with Gasteiger partial charge in [-0.2, -0.15) is 13.2 Å². The second kappa shape index (κ2) is 7.02. The Labute approximate surface area is 144 Å². The molecule has 0 aliphatic heterocycles. The highest BCUT2D eigenvalue weighted by Crippen LogP contribution is 2.41. The van der Waals surface area contributed by atoms with Crippen LogP contribution < -0.4 is 5.32 Å². The van der Waals surface area contributed by atoms with E-state index in [1.165, 1.54) is 6.33 Å². The SMILES string of the molecule is O=C(CC1(Cn2cnnn2)CCCCC1)Nc1nnc(C(F)(F)F)s1. The van der Waals surface area contributed by atoms with E-state index in [2.05, 4.69) is 31.0 Å². The van der Waals surface area contributed by atoms with E-state index in [1.54, 1.807) is 4.68 Å². The van der Waals surface area contributed by atoms with Crippen LogP contribution in [0.2, 0.25) is 0 Å². The maximum absolute atomic E-state index is 12.6. The molecule has 2 aromatic heterocycles. The molecule has 2 aromatic rings. The standard InChI is InChI=1S/C13H16F3N7OS/c14-13(15,16)10-19-20-11(25-10)18-9(24)6-12(4-2-1-3-5-12)7-23-8-17-21-22-23/h8H,1-7H2,(H,18,20,24). The summed E-state index contributed by atoms with van der Waals surface area (Å²) in [6, 6.07) is 0. The minimum atomic E-state index is -4.56. The second-order valence-corrected chi connectivity index (χ2v) is 7.18. The van der Waals surface area contributed by atoms with Crippen molar-refractivity contribution in [2.45, 2.75) is 51.2 Å². The molecule has 1 aliphatic rings. The number of halogens is 3. The van der Waals surface area contributed by atoms with E-state index in [-0.39, 0.29) is 22.9 Å². The Morgan fingerprint density at radius 1 is 1.28 bits per heavy atom. The van der Waals surface area contributed by atoms with Gasteiger partial charge < -0.3 is 5.32 Å². The fourth-order valence-corrected chi connectivity index (χ4v) is 3.81. The number of rotatable bonds is 5. The number of nitrogens with zero attached hydrogens (tertiary/aromatic N) is 6. The lowest BCUT2D eigenvalue weighted by Gasteiger charge is -2.36. The normalized spacial score (nSPS) is 17.4. The molecule has 0 aromatic carbocycles. The fraction of sp³-hybridized carbons (Fsp3) is 0.692. The number of anilines is 1. The van der Waals surface area contributed by atoms with Gasteiger partial charge in [-0.1, -0.05) is 30.6 Å². The molecule has 1 N–H and O–H groups in total. The topological polar surface area (TPSA) is 98.5 Å². The molecule has 2 heterocycles. The number of carbonyl (C=O) groups excluding carboxylic acids is 1. The van der Waals surface area contributed by atoms with Crippen LogP contribution in [0.1, 0.15) is 43.5 Å². The molecule has 0 radical (unpaired) electrons. The van der Waals surface area contributed by atoms with Crippen molar-refractivity contribution in [1.82, 2.24) is 30.4 Å². The van der Waals surface area contributed by atoms with Crippen LogP contribution in [-0.4, -0.2) is 36.3 Å². The summed E-state index contributed by atoms with van der Waals surface area (Å²) in [5, 5.41) is 18.7. The predicted octanol–water partition coefficient (Wildman–Crippen LogP) is 2.52. The van der Waals surface area contributed by atoms with Gasteiger partial charge in [0.05, 0.1) is 6.54 Å². The van der Waals surface area contributed by atoms with Crippen LogP contribution in [0, 0.1) is 5.41 Å². The molecule has 136 valence electrons. The number of hydrogen-bond donors (Lipinski definition) is 1. The maximum atomic E-state index is 12.6. The second-order valence-electron chi connectivity index (χ2n) is 6.20. The average Bonchev–Trinajstić information content (AvgIpc) is 3.19. The zero-order valence-electron chi connectivity index (χ0n) is 13.2. The Bertz CT molecular complexity index is 710. The van der Waals surface area contributed by atoms with Crippen molar-refractivity contribution in [2.24, 2.45) is 5.41 Å². The van der Waals surface area contributed by atoms with Gasteiger partial charge in [-0.15, -0.1) is 15.3 Å². The van der Waals surface area contributed by atoms with Gasteiger partial charge >= 0.3 is 6.18 Å². The summed E-state index contributed by atoms with van der Waals surface area (Å²) in [5.74, 6) is -0.375. The minimum absolute atomic E-state index is 0.147. The molecule has 0 unspecified atom stereocenters. The number of carbonyl (C=O) groups is 1. The molecule has 1 aliphatic carbocycles. The summed E-state index contributed by atoms with van der Waals surface area (Å²) < 4.78 is 39.3. The summed E-state index contributed by atoms with van der Waals surface area (Å²) in [7, 11) is 0. The molecule has 12 heteroatoms. The molecule has 0 spiro atoms. The van der Waals surface area contributed by atoms with Gasteiger partial charge in [0.1, 0.15) is 6.33 Å². The smallest absolute Gasteiger partial charge is 0.301 e. The quantitative estimate of drug-likeness (QED) is 0.862. The molecule has 0 saturated heterocycles. The lowest BCUT2D eigenvalue weighted by atomic mass is 9.71. The van der Waals surface area contributed by atoms with E-state index < -0.39 is 11.2 Å². The number of alkyl halides is 3. The first-order chi connectivity index (χ1) is 11.9. The number of hydrogen-bond acceptors (Lipinski definition) is 7. The summed E-state index contributed by atoms with van der Waals surface area (Å²) in [6.07, 6.45) is 1.87. The third-order valence-electron chi connectivity index (χ3n) is 4.25. The van der Waals surface area contributed by atoms with Crippen molar-refractivity contribution in [1.29, 1.82) is 0 Å². The van der Waals surface area contributed by atoms with Crippen LogP contribution in [0.25, 0.3) is 0 Å². The van der Waals surface area contributed by atoms with Crippen LogP contribution in [0.3, 0.4) is 0 Å². The van der Waals surface area contributed by atoms with Crippen LogP contribution in [0.5, 0.6) is 0 Å². The van der Waals surface area contributed by atoms with Gasteiger partial charge in [-0.3, -0.25) is 4.79 Å². The first-order valence-corrected chi connectivity index (χ1v) is 8.59. The molecule has 0 atom stereocenters. The number of aromatic nitrogens is 6. The van der Waals surface area contributed by atoms with Crippen LogP contribution in [0.4, 0.5) is 18.3 Å². The van der Waals surface area contributed by atoms with Crippen molar-refractivity contribution < 1.29 is 18.0 Å². The zero-order chi connectivity index (χ0) is 17.9. The third-order valence-corrected chi connectivity index (χ3v) is 5.14. The molecular formula is C13H16F3N7OS. The Morgan fingerprint density at radius 3 is 2.64 bits per heavy atom. The van der Waals surface area contributed by atoms with Crippen LogP contribution >= 0.6 is 11.3 Å². The Morgan fingerprint density at radius 2 is 2.04 bits per heavy atom. The van der Waals surface area contributed by atoms with Crippen molar-refractivity contribution in [2.75, 3.05) is 5.32 Å². The third kappa shape index (κ3) is 4.50.